The maximum absolute atomic E-state index is 13.1. The SMILES string of the molecule is N#Cc1cc(F)c(CC(=O)O)cc1Cl. The summed E-state index contributed by atoms with van der Waals surface area (Å²) in [5.74, 6) is -1.88. The largest absolute Gasteiger partial charge is 0.481 e. The third-order valence-electron chi connectivity index (χ3n) is 1.60. The molecule has 0 aromatic heterocycles. The van der Waals surface area contributed by atoms with Gasteiger partial charge in [-0.2, -0.15) is 5.26 Å². The fourth-order valence-corrected chi connectivity index (χ4v) is 1.20. The lowest BCUT2D eigenvalue weighted by Gasteiger charge is -2.01. The molecule has 0 spiro atoms. The summed E-state index contributed by atoms with van der Waals surface area (Å²) in [4.78, 5) is 10.3. The van der Waals surface area contributed by atoms with E-state index >= 15 is 0 Å². The second-order valence-electron chi connectivity index (χ2n) is 2.61. The summed E-state index contributed by atoms with van der Waals surface area (Å²) in [5, 5.41) is 17.0. The molecule has 0 radical (unpaired) electrons. The molecule has 1 aromatic carbocycles. The summed E-state index contributed by atoms with van der Waals surface area (Å²) in [5.41, 5.74) is -0.0280. The van der Waals surface area contributed by atoms with Crippen LogP contribution in [0, 0.1) is 17.1 Å². The molecule has 0 saturated carbocycles. The van der Waals surface area contributed by atoms with E-state index in [-0.39, 0.29) is 16.1 Å². The smallest absolute Gasteiger partial charge is 0.307 e. The van der Waals surface area contributed by atoms with Crippen molar-refractivity contribution in [3.8, 4) is 6.07 Å². The van der Waals surface area contributed by atoms with Crippen LogP contribution < -0.4 is 0 Å². The summed E-state index contributed by atoms with van der Waals surface area (Å²) in [6, 6.07) is 3.78. The molecular weight excluding hydrogens is 209 g/mol. The number of halogens is 2. The van der Waals surface area contributed by atoms with Crippen molar-refractivity contribution in [1.82, 2.24) is 0 Å². The number of carboxylic acids is 1. The molecule has 0 aliphatic heterocycles. The zero-order valence-corrected chi connectivity index (χ0v) is 7.68. The normalized spacial score (nSPS) is 9.50. The topological polar surface area (TPSA) is 61.1 Å². The Kier molecular flexibility index (Phi) is 3.05. The summed E-state index contributed by atoms with van der Waals surface area (Å²) in [6.07, 6.45) is -0.447. The molecule has 72 valence electrons. The number of nitrogens with zero attached hydrogens (tertiary/aromatic N) is 1. The molecular formula is C9H5ClFNO2. The zero-order valence-electron chi connectivity index (χ0n) is 6.92. The average molecular weight is 214 g/mol. The first-order valence-corrected chi connectivity index (χ1v) is 4.02. The maximum Gasteiger partial charge on any atom is 0.307 e. The summed E-state index contributed by atoms with van der Waals surface area (Å²) in [6.45, 7) is 0. The highest BCUT2D eigenvalue weighted by Gasteiger charge is 2.10. The number of rotatable bonds is 2. The van der Waals surface area contributed by atoms with Crippen molar-refractivity contribution in [3.63, 3.8) is 0 Å². The molecule has 0 bridgehead atoms. The highest BCUT2D eigenvalue weighted by Crippen LogP contribution is 2.20. The first-order chi connectivity index (χ1) is 6.54. The van der Waals surface area contributed by atoms with E-state index in [1.807, 2.05) is 0 Å². The third-order valence-corrected chi connectivity index (χ3v) is 1.91. The zero-order chi connectivity index (χ0) is 10.7. The molecule has 0 saturated heterocycles. The van der Waals surface area contributed by atoms with Crippen molar-refractivity contribution < 1.29 is 14.3 Å². The quantitative estimate of drug-likeness (QED) is 0.817. The van der Waals surface area contributed by atoms with Gasteiger partial charge in [0.15, 0.2) is 0 Å². The minimum Gasteiger partial charge on any atom is -0.481 e. The fraction of sp³-hybridized carbons (Fsp3) is 0.111. The van der Waals surface area contributed by atoms with E-state index in [4.69, 9.17) is 22.0 Å². The summed E-state index contributed by atoms with van der Waals surface area (Å²) in [7, 11) is 0. The van der Waals surface area contributed by atoms with Gasteiger partial charge in [-0.15, -0.1) is 0 Å². The van der Waals surface area contributed by atoms with Gasteiger partial charge in [0.05, 0.1) is 17.0 Å². The van der Waals surface area contributed by atoms with Crippen molar-refractivity contribution >= 4 is 17.6 Å². The molecule has 0 aliphatic rings. The lowest BCUT2D eigenvalue weighted by molar-refractivity contribution is -0.136. The Morgan fingerprint density at radius 1 is 1.64 bits per heavy atom. The van der Waals surface area contributed by atoms with Crippen LogP contribution >= 0.6 is 11.6 Å². The summed E-state index contributed by atoms with van der Waals surface area (Å²) >= 11 is 5.60. The van der Waals surface area contributed by atoms with Crippen LogP contribution in [0.25, 0.3) is 0 Å². The second-order valence-corrected chi connectivity index (χ2v) is 3.01. The number of nitriles is 1. The number of carboxylic acid groups (broad SMARTS) is 1. The van der Waals surface area contributed by atoms with Gasteiger partial charge in [-0.05, 0) is 12.1 Å². The molecule has 14 heavy (non-hydrogen) atoms. The van der Waals surface area contributed by atoms with Crippen LogP contribution in [0.2, 0.25) is 5.02 Å². The van der Waals surface area contributed by atoms with Gasteiger partial charge in [0.1, 0.15) is 11.9 Å². The molecule has 0 aliphatic carbocycles. The number of aliphatic carboxylic acids is 1. The van der Waals surface area contributed by atoms with Crippen molar-refractivity contribution in [3.05, 3.63) is 34.1 Å². The predicted molar refractivity (Wildman–Crippen MR) is 47.5 cm³/mol. The molecule has 0 amide bonds. The van der Waals surface area contributed by atoms with Crippen LogP contribution in [-0.4, -0.2) is 11.1 Å². The maximum atomic E-state index is 13.1. The average Bonchev–Trinajstić information content (AvgIpc) is 2.10. The monoisotopic (exact) mass is 213 g/mol. The van der Waals surface area contributed by atoms with Crippen molar-refractivity contribution in [2.75, 3.05) is 0 Å². The van der Waals surface area contributed by atoms with Crippen LogP contribution in [0.4, 0.5) is 4.39 Å². The van der Waals surface area contributed by atoms with E-state index in [1.54, 1.807) is 6.07 Å². The molecule has 3 nitrogen and oxygen atoms in total. The fourth-order valence-electron chi connectivity index (χ4n) is 0.972. The first-order valence-electron chi connectivity index (χ1n) is 3.64. The van der Waals surface area contributed by atoms with E-state index < -0.39 is 18.2 Å². The molecule has 1 rings (SSSR count). The van der Waals surface area contributed by atoms with Gasteiger partial charge in [0.2, 0.25) is 0 Å². The van der Waals surface area contributed by atoms with Crippen LogP contribution in [0.15, 0.2) is 12.1 Å². The van der Waals surface area contributed by atoms with Crippen LogP contribution in [-0.2, 0) is 11.2 Å². The van der Waals surface area contributed by atoms with Crippen molar-refractivity contribution in [2.24, 2.45) is 0 Å². The Hall–Kier alpha value is -1.60. The Morgan fingerprint density at radius 3 is 2.79 bits per heavy atom. The summed E-state index contributed by atoms with van der Waals surface area (Å²) < 4.78 is 13.1. The van der Waals surface area contributed by atoms with Gasteiger partial charge in [-0.25, -0.2) is 4.39 Å². The number of benzene rings is 1. The van der Waals surface area contributed by atoms with E-state index in [0.717, 1.165) is 12.1 Å². The number of hydrogen-bond acceptors (Lipinski definition) is 2. The Labute approximate surface area is 84.3 Å². The lowest BCUT2D eigenvalue weighted by atomic mass is 10.1. The number of hydrogen-bond donors (Lipinski definition) is 1. The molecule has 0 unspecified atom stereocenters. The third kappa shape index (κ3) is 2.21. The Morgan fingerprint density at radius 2 is 2.29 bits per heavy atom. The minimum absolute atomic E-state index is 0.00157. The van der Waals surface area contributed by atoms with Crippen molar-refractivity contribution in [2.45, 2.75) is 6.42 Å². The van der Waals surface area contributed by atoms with Gasteiger partial charge in [-0.3, -0.25) is 4.79 Å². The molecule has 5 heteroatoms. The standard InChI is InChI=1S/C9H5ClFNO2/c10-7-1-5(3-9(13)14)8(11)2-6(7)4-12/h1-2H,3H2,(H,13,14). The molecule has 1 aromatic rings. The predicted octanol–water partition coefficient (Wildman–Crippen LogP) is 1.98. The molecule has 0 heterocycles. The van der Waals surface area contributed by atoms with Crippen LogP contribution in [0.3, 0.4) is 0 Å². The van der Waals surface area contributed by atoms with Gasteiger partial charge in [0, 0.05) is 5.56 Å². The molecule has 0 fully saturated rings. The van der Waals surface area contributed by atoms with Crippen LogP contribution in [0.1, 0.15) is 11.1 Å². The highest BCUT2D eigenvalue weighted by molar-refractivity contribution is 6.31. The van der Waals surface area contributed by atoms with Gasteiger partial charge in [0.25, 0.3) is 0 Å². The van der Waals surface area contributed by atoms with Gasteiger partial charge < -0.3 is 5.11 Å². The van der Waals surface area contributed by atoms with E-state index in [1.165, 1.54) is 0 Å². The Bertz CT molecular complexity index is 426. The van der Waals surface area contributed by atoms with Crippen molar-refractivity contribution in [1.29, 1.82) is 5.26 Å². The molecule has 1 N–H and O–H groups in total. The number of carbonyl (C=O) groups is 1. The van der Waals surface area contributed by atoms with E-state index in [9.17, 15) is 9.18 Å². The minimum atomic E-state index is -1.15. The lowest BCUT2D eigenvalue weighted by Crippen LogP contribution is -2.03. The highest BCUT2D eigenvalue weighted by atomic mass is 35.5. The second kappa shape index (κ2) is 4.07. The van der Waals surface area contributed by atoms with Gasteiger partial charge in [-0.1, -0.05) is 11.6 Å². The Balaban J connectivity index is 3.16. The van der Waals surface area contributed by atoms with Gasteiger partial charge >= 0.3 is 5.97 Å². The first kappa shape index (κ1) is 10.5. The van der Waals surface area contributed by atoms with Crippen LogP contribution in [0.5, 0.6) is 0 Å². The van der Waals surface area contributed by atoms with E-state index in [0.29, 0.717) is 0 Å². The van der Waals surface area contributed by atoms with E-state index in [2.05, 4.69) is 0 Å². The molecule has 0 atom stereocenters.